The average Bonchev–Trinajstić information content (AvgIpc) is 3.00. The average molecular weight is 283 g/mol. The standard InChI is InChI=1S/C15H13N3O3/c16-9-13(14(19)17-10-12-7-4-8-21-12)15(20)18-11-5-2-1-3-6-11/h1-8,13H,10H2,(H,17,19)(H,18,20). The van der Waals surface area contributed by atoms with Gasteiger partial charge in [0.05, 0.1) is 18.9 Å². The van der Waals surface area contributed by atoms with Crippen molar-refractivity contribution >= 4 is 17.5 Å². The molecule has 2 amide bonds. The zero-order chi connectivity index (χ0) is 15.1. The topological polar surface area (TPSA) is 95.1 Å². The van der Waals surface area contributed by atoms with Gasteiger partial charge in [0.2, 0.25) is 11.8 Å². The molecule has 0 aliphatic heterocycles. The maximum absolute atomic E-state index is 11.9. The SMILES string of the molecule is N#CC(C(=O)NCc1ccco1)C(=O)Nc1ccccc1. The molecule has 0 aliphatic carbocycles. The molecule has 0 aliphatic rings. The zero-order valence-electron chi connectivity index (χ0n) is 11.1. The summed E-state index contributed by atoms with van der Waals surface area (Å²) in [6.45, 7) is 0.128. The molecule has 2 aromatic rings. The highest BCUT2D eigenvalue weighted by molar-refractivity contribution is 6.08. The van der Waals surface area contributed by atoms with Gasteiger partial charge < -0.3 is 15.1 Å². The van der Waals surface area contributed by atoms with Gasteiger partial charge in [0.1, 0.15) is 5.76 Å². The van der Waals surface area contributed by atoms with Crippen molar-refractivity contribution in [3.05, 3.63) is 54.5 Å². The van der Waals surface area contributed by atoms with Crippen LogP contribution in [0.3, 0.4) is 0 Å². The van der Waals surface area contributed by atoms with E-state index < -0.39 is 17.7 Å². The minimum Gasteiger partial charge on any atom is -0.467 e. The van der Waals surface area contributed by atoms with E-state index in [0.717, 1.165) is 0 Å². The van der Waals surface area contributed by atoms with Gasteiger partial charge in [-0.1, -0.05) is 18.2 Å². The van der Waals surface area contributed by atoms with Crippen LogP contribution >= 0.6 is 0 Å². The number of hydrogen-bond acceptors (Lipinski definition) is 4. The van der Waals surface area contributed by atoms with Crippen molar-refractivity contribution in [2.45, 2.75) is 6.54 Å². The lowest BCUT2D eigenvalue weighted by Gasteiger charge is -2.10. The molecule has 1 aromatic carbocycles. The molecule has 0 fully saturated rings. The molecule has 0 saturated carbocycles. The van der Waals surface area contributed by atoms with Gasteiger partial charge in [0.15, 0.2) is 0 Å². The first-order valence-electron chi connectivity index (χ1n) is 6.26. The van der Waals surface area contributed by atoms with Gasteiger partial charge in [0.25, 0.3) is 5.91 Å². The van der Waals surface area contributed by atoms with Crippen molar-refractivity contribution in [1.82, 2.24) is 5.32 Å². The van der Waals surface area contributed by atoms with E-state index in [2.05, 4.69) is 10.6 Å². The van der Waals surface area contributed by atoms with E-state index in [1.165, 1.54) is 6.26 Å². The normalized spacial score (nSPS) is 11.2. The Morgan fingerprint density at radius 2 is 1.90 bits per heavy atom. The summed E-state index contributed by atoms with van der Waals surface area (Å²) in [5.74, 6) is -2.20. The Kier molecular flexibility index (Phi) is 4.72. The van der Waals surface area contributed by atoms with E-state index in [1.54, 1.807) is 48.5 Å². The summed E-state index contributed by atoms with van der Waals surface area (Å²) in [7, 11) is 0. The second-order valence-electron chi connectivity index (χ2n) is 4.21. The first kappa shape index (κ1) is 14.3. The Labute approximate surface area is 121 Å². The minimum atomic E-state index is -1.42. The van der Waals surface area contributed by atoms with Crippen LogP contribution in [0.5, 0.6) is 0 Å². The van der Waals surface area contributed by atoms with Crippen molar-refractivity contribution < 1.29 is 14.0 Å². The number of hydrogen-bond donors (Lipinski definition) is 2. The van der Waals surface area contributed by atoms with Gasteiger partial charge in [-0.15, -0.1) is 0 Å². The Balaban J connectivity index is 1.93. The highest BCUT2D eigenvalue weighted by Crippen LogP contribution is 2.08. The summed E-state index contributed by atoms with van der Waals surface area (Å²) in [4.78, 5) is 23.8. The molecular formula is C15H13N3O3. The maximum Gasteiger partial charge on any atom is 0.251 e. The van der Waals surface area contributed by atoms with Gasteiger partial charge in [-0.2, -0.15) is 5.26 Å². The van der Waals surface area contributed by atoms with Crippen LogP contribution in [0, 0.1) is 17.2 Å². The van der Waals surface area contributed by atoms with Crippen LogP contribution in [0.1, 0.15) is 5.76 Å². The largest absolute Gasteiger partial charge is 0.467 e. The number of furan rings is 1. The number of rotatable bonds is 5. The molecule has 1 aromatic heterocycles. The molecule has 0 spiro atoms. The number of nitrogens with zero attached hydrogens (tertiary/aromatic N) is 1. The lowest BCUT2D eigenvalue weighted by molar-refractivity contribution is -0.130. The monoisotopic (exact) mass is 283 g/mol. The van der Waals surface area contributed by atoms with Crippen molar-refractivity contribution in [2.75, 3.05) is 5.32 Å². The molecule has 1 atom stereocenters. The molecular weight excluding hydrogens is 270 g/mol. The van der Waals surface area contributed by atoms with Gasteiger partial charge in [-0.25, -0.2) is 0 Å². The highest BCUT2D eigenvalue weighted by Gasteiger charge is 2.26. The van der Waals surface area contributed by atoms with Crippen LogP contribution in [0.4, 0.5) is 5.69 Å². The van der Waals surface area contributed by atoms with E-state index in [9.17, 15) is 9.59 Å². The predicted molar refractivity (Wildman–Crippen MR) is 74.7 cm³/mol. The van der Waals surface area contributed by atoms with Crippen molar-refractivity contribution in [1.29, 1.82) is 5.26 Å². The van der Waals surface area contributed by atoms with E-state index in [-0.39, 0.29) is 6.54 Å². The maximum atomic E-state index is 11.9. The number of nitriles is 1. The smallest absolute Gasteiger partial charge is 0.251 e. The molecule has 0 bridgehead atoms. The fourth-order valence-electron chi connectivity index (χ4n) is 1.66. The number of carbonyl (C=O) groups is 2. The Morgan fingerprint density at radius 1 is 1.14 bits per heavy atom. The Bertz CT molecular complexity index is 645. The third kappa shape index (κ3) is 3.94. The van der Waals surface area contributed by atoms with Gasteiger partial charge in [-0.3, -0.25) is 9.59 Å². The van der Waals surface area contributed by atoms with Crippen molar-refractivity contribution in [3.63, 3.8) is 0 Å². The van der Waals surface area contributed by atoms with Crippen LogP contribution in [-0.4, -0.2) is 11.8 Å². The Hall–Kier alpha value is -3.07. The number of amides is 2. The number of anilines is 1. The van der Waals surface area contributed by atoms with E-state index in [0.29, 0.717) is 11.4 Å². The first-order valence-corrected chi connectivity index (χ1v) is 6.26. The summed E-state index contributed by atoms with van der Waals surface area (Å²) < 4.78 is 5.06. The van der Waals surface area contributed by atoms with Crippen LogP contribution in [0.25, 0.3) is 0 Å². The van der Waals surface area contributed by atoms with Crippen molar-refractivity contribution in [2.24, 2.45) is 5.92 Å². The minimum absolute atomic E-state index is 0.128. The molecule has 21 heavy (non-hydrogen) atoms. The fourth-order valence-corrected chi connectivity index (χ4v) is 1.66. The third-order valence-electron chi connectivity index (χ3n) is 2.71. The molecule has 1 heterocycles. The molecule has 6 heteroatoms. The van der Waals surface area contributed by atoms with Crippen LogP contribution in [-0.2, 0) is 16.1 Å². The van der Waals surface area contributed by atoms with Crippen LogP contribution < -0.4 is 10.6 Å². The lowest BCUT2D eigenvalue weighted by atomic mass is 10.1. The molecule has 2 N–H and O–H groups in total. The number of para-hydroxylation sites is 1. The van der Waals surface area contributed by atoms with Crippen molar-refractivity contribution in [3.8, 4) is 6.07 Å². The molecule has 106 valence electrons. The summed E-state index contributed by atoms with van der Waals surface area (Å²) in [6.07, 6.45) is 1.48. The molecule has 0 radical (unpaired) electrons. The van der Waals surface area contributed by atoms with E-state index >= 15 is 0 Å². The summed E-state index contributed by atoms with van der Waals surface area (Å²) in [5, 5.41) is 14.0. The third-order valence-corrected chi connectivity index (χ3v) is 2.71. The molecule has 0 saturated heterocycles. The van der Waals surface area contributed by atoms with E-state index in [4.69, 9.17) is 9.68 Å². The second-order valence-corrected chi connectivity index (χ2v) is 4.21. The first-order chi connectivity index (χ1) is 10.2. The highest BCUT2D eigenvalue weighted by atomic mass is 16.3. The van der Waals surface area contributed by atoms with Gasteiger partial charge in [0, 0.05) is 5.69 Å². The molecule has 6 nitrogen and oxygen atoms in total. The van der Waals surface area contributed by atoms with Gasteiger partial charge >= 0.3 is 0 Å². The lowest BCUT2D eigenvalue weighted by Crippen LogP contribution is -2.37. The van der Waals surface area contributed by atoms with E-state index in [1.807, 2.05) is 0 Å². The van der Waals surface area contributed by atoms with Crippen LogP contribution in [0.15, 0.2) is 53.1 Å². The van der Waals surface area contributed by atoms with Crippen LogP contribution in [0.2, 0.25) is 0 Å². The summed E-state index contributed by atoms with van der Waals surface area (Å²) >= 11 is 0. The predicted octanol–water partition coefficient (Wildman–Crippen LogP) is 1.67. The Morgan fingerprint density at radius 3 is 2.52 bits per heavy atom. The number of nitrogens with one attached hydrogen (secondary N) is 2. The molecule has 1 unspecified atom stereocenters. The number of carbonyl (C=O) groups excluding carboxylic acids is 2. The quantitative estimate of drug-likeness (QED) is 0.816. The second kappa shape index (κ2) is 6.91. The summed E-state index contributed by atoms with van der Waals surface area (Å²) in [6, 6.07) is 13.7. The van der Waals surface area contributed by atoms with Gasteiger partial charge in [-0.05, 0) is 24.3 Å². The number of benzene rings is 1. The zero-order valence-corrected chi connectivity index (χ0v) is 11.1. The fraction of sp³-hybridized carbons (Fsp3) is 0.133. The summed E-state index contributed by atoms with van der Waals surface area (Å²) in [5.41, 5.74) is 0.529. The molecule has 2 rings (SSSR count).